The monoisotopic (exact) mass is 487 g/mol. The highest BCUT2D eigenvalue weighted by molar-refractivity contribution is 9.10. The first-order valence-corrected chi connectivity index (χ1v) is 11.0. The van der Waals surface area contributed by atoms with E-state index in [-0.39, 0.29) is 24.1 Å². The van der Waals surface area contributed by atoms with Gasteiger partial charge < -0.3 is 15.2 Å². The van der Waals surface area contributed by atoms with E-state index in [2.05, 4.69) is 36.8 Å². The van der Waals surface area contributed by atoms with E-state index < -0.39 is 0 Å². The maximum atomic E-state index is 12.3. The summed E-state index contributed by atoms with van der Waals surface area (Å²) in [5, 5.41) is 14.6. The van der Waals surface area contributed by atoms with Gasteiger partial charge in [0, 0.05) is 22.8 Å². The SMILES string of the molecule is Cc1cccc(C(=O)NCc2nnc(SCC(=O)Nc3ccc(Br)c(C)c3)n2C)c1. The molecule has 0 aliphatic carbocycles. The third-order valence-corrected chi connectivity index (χ3v) is 6.30. The summed E-state index contributed by atoms with van der Waals surface area (Å²) in [6.07, 6.45) is 0. The molecule has 0 fully saturated rings. The van der Waals surface area contributed by atoms with E-state index in [1.807, 2.05) is 57.3 Å². The summed E-state index contributed by atoms with van der Waals surface area (Å²) in [6, 6.07) is 13.0. The van der Waals surface area contributed by atoms with E-state index in [1.54, 1.807) is 10.6 Å². The van der Waals surface area contributed by atoms with Gasteiger partial charge in [0.15, 0.2) is 11.0 Å². The molecular formula is C21H22BrN5O2S. The van der Waals surface area contributed by atoms with Gasteiger partial charge >= 0.3 is 0 Å². The molecule has 0 spiro atoms. The average Bonchev–Trinajstić information content (AvgIpc) is 3.07. The molecule has 0 bridgehead atoms. The lowest BCUT2D eigenvalue weighted by atomic mass is 10.1. The van der Waals surface area contributed by atoms with Crippen LogP contribution in [0.3, 0.4) is 0 Å². The van der Waals surface area contributed by atoms with E-state index in [4.69, 9.17) is 0 Å². The molecule has 2 N–H and O–H groups in total. The second kappa shape index (κ2) is 9.90. The van der Waals surface area contributed by atoms with E-state index >= 15 is 0 Å². The van der Waals surface area contributed by atoms with Gasteiger partial charge in [-0.3, -0.25) is 9.59 Å². The summed E-state index contributed by atoms with van der Waals surface area (Å²) < 4.78 is 2.77. The zero-order chi connectivity index (χ0) is 21.7. The van der Waals surface area contributed by atoms with Crippen molar-refractivity contribution in [1.29, 1.82) is 0 Å². The van der Waals surface area contributed by atoms with Crippen molar-refractivity contribution >= 4 is 45.2 Å². The van der Waals surface area contributed by atoms with E-state index in [9.17, 15) is 9.59 Å². The molecule has 0 aliphatic rings. The minimum absolute atomic E-state index is 0.126. The molecule has 2 aromatic carbocycles. The molecule has 3 rings (SSSR count). The van der Waals surface area contributed by atoms with Gasteiger partial charge in [-0.05, 0) is 49.7 Å². The number of nitrogens with one attached hydrogen (secondary N) is 2. The fourth-order valence-corrected chi connectivity index (χ4v) is 3.70. The van der Waals surface area contributed by atoms with Crippen LogP contribution in [0.25, 0.3) is 0 Å². The topological polar surface area (TPSA) is 88.9 Å². The number of rotatable bonds is 7. The summed E-state index contributed by atoms with van der Waals surface area (Å²) in [4.78, 5) is 24.5. The molecule has 3 aromatic rings. The molecule has 0 unspecified atom stereocenters. The fraction of sp³-hybridized carbons (Fsp3) is 0.238. The lowest BCUT2D eigenvalue weighted by Crippen LogP contribution is -2.24. The molecule has 30 heavy (non-hydrogen) atoms. The molecule has 1 heterocycles. The van der Waals surface area contributed by atoms with Crippen LogP contribution in [0.15, 0.2) is 52.1 Å². The first-order chi connectivity index (χ1) is 14.3. The van der Waals surface area contributed by atoms with Crippen molar-refractivity contribution < 1.29 is 9.59 Å². The zero-order valence-electron chi connectivity index (χ0n) is 16.9. The number of benzene rings is 2. The van der Waals surface area contributed by atoms with Crippen molar-refractivity contribution in [3.8, 4) is 0 Å². The van der Waals surface area contributed by atoms with Gasteiger partial charge in [-0.1, -0.05) is 45.4 Å². The molecule has 9 heteroatoms. The Morgan fingerprint density at radius 1 is 1.13 bits per heavy atom. The Hall–Kier alpha value is -2.65. The number of anilines is 1. The highest BCUT2D eigenvalue weighted by Gasteiger charge is 2.13. The average molecular weight is 488 g/mol. The first kappa shape index (κ1) is 22.0. The second-order valence-corrected chi connectivity index (χ2v) is 8.61. The van der Waals surface area contributed by atoms with Crippen LogP contribution in [0, 0.1) is 13.8 Å². The van der Waals surface area contributed by atoms with Crippen LogP contribution in [-0.2, 0) is 18.4 Å². The lowest BCUT2D eigenvalue weighted by molar-refractivity contribution is -0.113. The molecular weight excluding hydrogens is 466 g/mol. The quantitative estimate of drug-likeness (QED) is 0.494. The zero-order valence-corrected chi connectivity index (χ0v) is 19.3. The van der Waals surface area contributed by atoms with E-state index in [1.165, 1.54) is 11.8 Å². The van der Waals surface area contributed by atoms with Crippen molar-refractivity contribution in [1.82, 2.24) is 20.1 Å². The van der Waals surface area contributed by atoms with Gasteiger partial charge in [-0.15, -0.1) is 10.2 Å². The van der Waals surface area contributed by atoms with Crippen LogP contribution < -0.4 is 10.6 Å². The maximum Gasteiger partial charge on any atom is 0.251 e. The van der Waals surface area contributed by atoms with Gasteiger partial charge in [0.1, 0.15) is 0 Å². The van der Waals surface area contributed by atoms with Gasteiger partial charge in [-0.2, -0.15) is 0 Å². The number of carbonyl (C=O) groups excluding carboxylic acids is 2. The van der Waals surface area contributed by atoms with Crippen LogP contribution in [0.2, 0.25) is 0 Å². The first-order valence-electron chi connectivity index (χ1n) is 9.25. The van der Waals surface area contributed by atoms with Crippen LogP contribution in [0.5, 0.6) is 0 Å². The molecule has 0 radical (unpaired) electrons. The summed E-state index contributed by atoms with van der Waals surface area (Å²) in [5.41, 5.74) is 3.42. The fourth-order valence-electron chi connectivity index (χ4n) is 2.72. The molecule has 0 aliphatic heterocycles. The molecule has 0 saturated heterocycles. The van der Waals surface area contributed by atoms with Crippen LogP contribution in [0.1, 0.15) is 27.3 Å². The summed E-state index contributed by atoms with van der Waals surface area (Å²) in [6.45, 7) is 4.16. The van der Waals surface area contributed by atoms with Crippen LogP contribution >= 0.6 is 27.7 Å². The Morgan fingerprint density at radius 2 is 1.93 bits per heavy atom. The molecule has 156 valence electrons. The van der Waals surface area contributed by atoms with Crippen molar-refractivity contribution in [2.24, 2.45) is 7.05 Å². The van der Waals surface area contributed by atoms with E-state index in [0.29, 0.717) is 16.5 Å². The molecule has 7 nitrogen and oxygen atoms in total. The summed E-state index contributed by atoms with van der Waals surface area (Å²) in [7, 11) is 1.81. The number of hydrogen-bond donors (Lipinski definition) is 2. The number of aromatic nitrogens is 3. The van der Waals surface area contributed by atoms with Crippen molar-refractivity contribution in [2.75, 3.05) is 11.1 Å². The van der Waals surface area contributed by atoms with Gasteiger partial charge in [0.25, 0.3) is 5.91 Å². The third kappa shape index (κ3) is 5.70. The number of aryl methyl sites for hydroxylation is 2. The summed E-state index contributed by atoms with van der Waals surface area (Å²) in [5.74, 6) is 0.526. The lowest BCUT2D eigenvalue weighted by Gasteiger charge is -2.08. The smallest absolute Gasteiger partial charge is 0.251 e. The highest BCUT2D eigenvalue weighted by Crippen LogP contribution is 2.21. The Morgan fingerprint density at radius 3 is 2.67 bits per heavy atom. The molecule has 0 saturated carbocycles. The maximum absolute atomic E-state index is 12.3. The number of amides is 2. The Labute approximate surface area is 187 Å². The van der Waals surface area contributed by atoms with Crippen LogP contribution in [-0.4, -0.2) is 32.3 Å². The Balaban J connectivity index is 1.52. The predicted molar refractivity (Wildman–Crippen MR) is 122 cm³/mol. The Kier molecular flexibility index (Phi) is 7.28. The predicted octanol–water partition coefficient (Wildman–Crippen LogP) is 3.86. The second-order valence-electron chi connectivity index (χ2n) is 6.81. The number of carbonyl (C=O) groups is 2. The van der Waals surface area contributed by atoms with Gasteiger partial charge in [-0.25, -0.2) is 0 Å². The number of nitrogens with zero attached hydrogens (tertiary/aromatic N) is 3. The number of hydrogen-bond acceptors (Lipinski definition) is 5. The van der Waals surface area contributed by atoms with Crippen molar-refractivity contribution in [2.45, 2.75) is 25.5 Å². The largest absolute Gasteiger partial charge is 0.345 e. The van der Waals surface area contributed by atoms with Gasteiger partial charge in [0.2, 0.25) is 5.91 Å². The normalized spacial score (nSPS) is 10.7. The molecule has 0 atom stereocenters. The van der Waals surface area contributed by atoms with Gasteiger partial charge in [0.05, 0.1) is 12.3 Å². The third-order valence-electron chi connectivity index (χ3n) is 4.39. The standard InChI is InChI=1S/C21H22BrN5O2S/c1-13-5-4-6-15(9-13)20(29)23-11-18-25-26-21(27(18)3)30-12-19(28)24-16-7-8-17(22)14(2)10-16/h4-10H,11-12H2,1-3H3,(H,23,29)(H,24,28). The summed E-state index contributed by atoms with van der Waals surface area (Å²) >= 11 is 4.73. The minimum Gasteiger partial charge on any atom is -0.345 e. The van der Waals surface area contributed by atoms with Crippen molar-refractivity contribution in [3.05, 3.63) is 69.5 Å². The molecule has 2 amide bonds. The number of thioether (sulfide) groups is 1. The highest BCUT2D eigenvalue weighted by atomic mass is 79.9. The Bertz CT molecular complexity index is 1080. The minimum atomic E-state index is -0.167. The van der Waals surface area contributed by atoms with Crippen LogP contribution in [0.4, 0.5) is 5.69 Å². The molecule has 1 aromatic heterocycles. The van der Waals surface area contributed by atoms with Crippen molar-refractivity contribution in [3.63, 3.8) is 0 Å². The number of halogens is 1. The van der Waals surface area contributed by atoms with E-state index in [0.717, 1.165) is 21.3 Å².